The average Bonchev–Trinajstić information content (AvgIpc) is 1.86. The zero-order valence-electron chi connectivity index (χ0n) is 7.63. The first kappa shape index (κ1) is 10.2. The number of hydrogen-bond acceptors (Lipinski definition) is 2. The van der Waals surface area contributed by atoms with Crippen LogP contribution in [-0.2, 0) is 9.53 Å². The molecule has 0 amide bonds. The van der Waals surface area contributed by atoms with Crippen LogP contribution >= 0.6 is 0 Å². The molecule has 0 aliphatic rings. The first-order chi connectivity index (χ1) is 5.07. The van der Waals surface area contributed by atoms with Gasteiger partial charge in [0, 0.05) is 6.92 Å². The summed E-state index contributed by atoms with van der Waals surface area (Å²) in [4.78, 5) is 10.6. The van der Waals surface area contributed by atoms with E-state index in [1.807, 2.05) is 32.9 Å². The van der Waals surface area contributed by atoms with Crippen molar-refractivity contribution in [2.24, 2.45) is 5.92 Å². The number of hydrogen-bond donors (Lipinski definition) is 0. The second kappa shape index (κ2) is 4.94. The molecular formula is C9H16O2. The van der Waals surface area contributed by atoms with Gasteiger partial charge >= 0.3 is 5.97 Å². The summed E-state index contributed by atoms with van der Waals surface area (Å²) in [5.41, 5.74) is 0. The maximum Gasteiger partial charge on any atom is 0.303 e. The SMILES string of the molecule is C/C=C/[C@@H](OC(C)=O)C(C)C. The van der Waals surface area contributed by atoms with Crippen LogP contribution in [0.15, 0.2) is 12.2 Å². The molecule has 0 bridgehead atoms. The fourth-order valence-electron chi connectivity index (χ4n) is 0.779. The van der Waals surface area contributed by atoms with E-state index < -0.39 is 0 Å². The number of rotatable bonds is 3. The Morgan fingerprint density at radius 1 is 1.45 bits per heavy atom. The highest BCUT2D eigenvalue weighted by atomic mass is 16.5. The highest BCUT2D eigenvalue weighted by Gasteiger charge is 2.11. The molecule has 1 atom stereocenters. The van der Waals surface area contributed by atoms with Gasteiger partial charge in [-0.25, -0.2) is 0 Å². The third kappa shape index (κ3) is 4.59. The molecule has 0 aromatic carbocycles. The Labute approximate surface area is 68.2 Å². The highest BCUT2D eigenvalue weighted by Crippen LogP contribution is 2.07. The second-order valence-electron chi connectivity index (χ2n) is 2.84. The summed E-state index contributed by atoms with van der Waals surface area (Å²) in [5, 5.41) is 0. The minimum absolute atomic E-state index is 0.0718. The van der Waals surface area contributed by atoms with Crippen molar-refractivity contribution in [2.75, 3.05) is 0 Å². The second-order valence-corrected chi connectivity index (χ2v) is 2.84. The molecule has 64 valence electrons. The summed E-state index contributed by atoms with van der Waals surface area (Å²) in [5.74, 6) is 0.122. The molecule has 0 saturated heterocycles. The van der Waals surface area contributed by atoms with Crippen molar-refractivity contribution in [3.05, 3.63) is 12.2 Å². The third-order valence-electron chi connectivity index (χ3n) is 1.34. The summed E-state index contributed by atoms with van der Waals surface area (Å²) in [6, 6.07) is 0. The maximum absolute atomic E-state index is 10.6. The lowest BCUT2D eigenvalue weighted by atomic mass is 10.1. The predicted octanol–water partition coefficient (Wildman–Crippen LogP) is 2.15. The van der Waals surface area contributed by atoms with Crippen LogP contribution in [0.1, 0.15) is 27.7 Å². The van der Waals surface area contributed by atoms with Crippen LogP contribution < -0.4 is 0 Å². The van der Waals surface area contributed by atoms with E-state index >= 15 is 0 Å². The molecule has 0 aliphatic heterocycles. The van der Waals surface area contributed by atoms with Gasteiger partial charge in [-0.15, -0.1) is 0 Å². The van der Waals surface area contributed by atoms with Crippen molar-refractivity contribution in [3.8, 4) is 0 Å². The van der Waals surface area contributed by atoms with Crippen molar-refractivity contribution >= 4 is 5.97 Å². The van der Waals surface area contributed by atoms with E-state index in [0.717, 1.165) is 0 Å². The topological polar surface area (TPSA) is 26.3 Å². The van der Waals surface area contributed by atoms with Gasteiger partial charge < -0.3 is 4.74 Å². The van der Waals surface area contributed by atoms with Crippen LogP contribution in [0.25, 0.3) is 0 Å². The van der Waals surface area contributed by atoms with E-state index in [2.05, 4.69) is 0 Å². The Morgan fingerprint density at radius 2 is 2.00 bits per heavy atom. The van der Waals surface area contributed by atoms with Crippen molar-refractivity contribution in [3.63, 3.8) is 0 Å². The molecule has 0 heterocycles. The van der Waals surface area contributed by atoms with Crippen LogP contribution in [0.2, 0.25) is 0 Å². The largest absolute Gasteiger partial charge is 0.458 e. The smallest absolute Gasteiger partial charge is 0.303 e. The van der Waals surface area contributed by atoms with Crippen molar-refractivity contribution in [1.82, 2.24) is 0 Å². The van der Waals surface area contributed by atoms with Gasteiger partial charge in [0.05, 0.1) is 0 Å². The molecule has 0 unspecified atom stereocenters. The fraction of sp³-hybridized carbons (Fsp3) is 0.667. The molecule has 0 aromatic heterocycles. The van der Waals surface area contributed by atoms with Crippen LogP contribution in [0.3, 0.4) is 0 Å². The van der Waals surface area contributed by atoms with E-state index in [9.17, 15) is 4.79 Å². The van der Waals surface area contributed by atoms with Crippen molar-refractivity contribution in [2.45, 2.75) is 33.8 Å². The summed E-state index contributed by atoms with van der Waals surface area (Å²) >= 11 is 0. The van der Waals surface area contributed by atoms with E-state index in [1.54, 1.807) is 0 Å². The summed E-state index contributed by atoms with van der Waals surface area (Å²) < 4.78 is 5.03. The molecule has 2 nitrogen and oxygen atoms in total. The van der Waals surface area contributed by atoms with Gasteiger partial charge in [-0.1, -0.05) is 19.9 Å². The summed E-state index contributed by atoms with van der Waals surface area (Å²) in [6.45, 7) is 7.39. The zero-order chi connectivity index (χ0) is 8.85. The van der Waals surface area contributed by atoms with Gasteiger partial charge in [-0.2, -0.15) is 0 Å². The number of allylic oxidation sites excluding steroid dienone is 1. The quantitative estimate of drug-likeness (QED) is 0.462. The minimum Gasteiger partial charge on any atom is -0.458 e. The molecule has 0 spiro atoms. The molecule has 0 radical (unpaired) electrons. The molecular weight excluding hydrogens is 140 g/mol. The normalized spacial score (nSPS) is 13.9. The van der Waals surface area contributed by atoms with Gasteiger partial charge in [-0.05, 0) is 18.9 Å². The van der Waals surface area contributed by atoms with Gasteiger partial charge in [0.25, 0.3) is 0 Å². The minimum atomic E-state index is -0.221. The fourth-order valence-corrected chi connectivity index (χ4v) is 0.779. The molecule has 11 heavy (non-hydrogen) atoms. The van der Waals surface area contributed by atoms with Crippen LogP contribution in [-0.4, -0.2) is 12.1 Å². The molecule has 0 aromatic rings. The Kier molecular flexibility index (Phi) is 4.59. The molecule has 0 fully saturated rings. The van der Waals surface area contributed by atoms with Gasteiger partial charge in [0.1, 0.15) is 6.10 Å². The van der Waals surface area contributed by atoms with E-state index in [1.165, 1.54) is 6.92 Å². The number of esters is 1. The van der Waals surface area contributed by atoms with Crippen LogP contribution in [0.5, 0.6) is 0 Å². The van der Waals surface area contributed by atoms with Crippen LogP contribution in [0, 0.1) is 5.92 Å². The van der Waals surface area contributed by atoms with Crippen LogP contribution in [0.4, 0.5) is 0 Å². The molecule has 0 aliphatic carbocycles. The van der Waals surface area contributed by atoms with Crippen molar-refractivity contribution < 1.29 is 9.53 Å². The maximum atomic E-state index is 10.6. The Morgan fingerprint density at radius 3 is 2.27 bits per heavy atom. The number of ether oxygens (including phenoxy) is 1. The standard InChI is InChI=1S/C9H16O2/c1-5-6-9(7(2)3)11-8(4)10/h5-7,9H,1-4H3/b6-5+/t9-/m1/s1. The summed E-state index contributed by atoms with van der Waals surface area (Å²) in [6.07, 6.45) is 3.72. The van der Waals surface area contributed by atoms with Crippen molar-refractivity contribution in [1.29, 1.82) is 0 Å². The Balaban J connectivity index is 4.00. The van der Waals surface area contributed by atoms with Gasteiger partial charge in [0.15, 0.2) is 0 Å². The highest BCUT2D eigenvalue weighted by molar-refractivity contribution is 5.66. The number of carbonyl (C=O) groups is 1. The number of carbonyl (C=O) groups excluding carboxylic acids is 1. The summed E-state index contributed by atoms with van der Waals surface area (Å²) in [7, 11) is 0. The van der Waals surface area contributed by atoms with Gasteiger partial charge in [-0.3, -0.25) is 4.79 Å². The van der Waals surface area contributed by atoms with Gasteiger partial charge in [0.2, 0.25) is 0 Å². The lowest BCUT2D eigenvalue weighted by Crippen LogP contribution is -2.19. The predicted molar refractivity (Wildman–Crippen MR) is 45.2 cm³/mol. The Bertz CT molecular complexity index is 148. The molecule has 0 saturated carbocycles. The third-order valence-corrected chi connectivity index (χ3v) is 1.34. The lowest BCUT2D eigenvalue weighted by molar-refractivity contribution is -0.145. The molecule has 2 heteroatoms. The first-order valence-corrected chi connectivity index (χ1v) is 3.88. The molecule has 0 rings (SSSR count). The first-order valence-electron chi connectivity index (χ1n) is 3.88. The van der Waals surface area contributed by atoms with E-state index in [-0.39, 0.29) is 12.1 Å². The van der Waals surface area contributed by atoms with E-state index in [4.69, 9.17) is 4.74 Å². The molecule has 0 N–H and O–H groups in total. The Hall–Kier alpha value is -0.790. The van der Waals surface area contributed by atoms with E-state index in [0.29, 0.717) is 5.92 Å². The zero-order valence-corrected chi connectivity index (χ0v) is 7.63. The lowest BCUT2D eigenvalue weighted by Gasteiger charge is -2.16. The monoisotopic (exact) mass is 156 g/mol. The average molecular weight is 156 g/mol.